The lowest BCUT2D eigenvalue weighted by Gasteiger charge is -2.31. The first-order valence-electron chi connectivity index (χ1n) is 10.1. The highest BCUT2D eigenvalue weighted by molar-refractivity contribution is 6.01. The van der Waals surface area contributed by atoms with E-state index in [4.69, 9.17) is 4.74 Å². The number of aryl methyl sites for hydroxylation is 1. The maximum atomic E-state index is 13.1. The normalized spacial score (nSPS) is 11.2. The second-order valence-electron chi connectivity index (χ2n) is 7.59. The Bertz CT molecular complexity index is 984. The molecule has 1 heterocycles. The van der Waals surface area contributed by atoms with Gasteiger partial charge in [-0.05, 0) is 44.4 Å². The van der Waals surface area contributed by atoms with Crippen LogP contribution in [0.2, 0.25) is 0 Å². The van der Waals surface area contributed by atoms with Gasteiger partial charge in [0.05, 0.1) is 12.2 Å². The van der Waals surface area contributed by atoms with Gasteiger partial charge in [-0.25, -0.2) is 4.79 Å². The molecule has 1 aromatic heterocycles. The fourth-order valence-corrected chi connectivity index (χ4v) is 3.83. The molecule has 0 aliphatic carbocycles. The number of nitrogens with one attached hydrogen (secondary N) is 2. The Labute approximate surface area is 177 Å². The Morgan fingerprint density at radius 1 is 0.967 bits per heavy atom. The first-order valence-corrected chi connectivity index (χ1v) is 10.1. The lowest BCUT2D eigenvalue weighted by molar-refractivity contribution is 0.0519. The van der Waals surface area contributed by atoms with Crippen molar-refractivity contribution in [2.45, 2.75) is 33.1 Å². The molecule has 2 aromatic carbocycles. The topological polar surface area (TPSA) is 71.2 Å². The molecule has 5 heteroatoms. The molecule has 3 aromatic rings. The average Bonchev–Trinajstić information content (AvgIpc) is 3.07. The van der Waals surface area contributed by atoms with Crippen molar-refractivity contribution in [1.82, 2.24) is 10.3 Å². The van der Waals surface area contributed by atoms with Gasteiger partial charge in [0.2, 0.25) is 0 Å². The Morgan fingerprint density at radius 2 is 1.50 bits per heavy atom. The first kappa shape index (κ1) is 21.4. The van der Waals surface area contributed by atoms with Crippen molar-refractivity contribution in [3.05, 3.63) is 94.3 Å². The summed E-state index contributed by atoms with van der Waals surface area (Å²) in [5.74, 6) is -0.662. The molecule has 0 spiro atoms. The quantitative estimate of drug-likeness (QED) is 0.568. The summed E-state index contributed by atoms with van der Waals surface area (Å²) in [5.41, 5.74) is 3.89. The largest absolute Gasteiger partial charge is 0.461 e. The molecule has 0 aliphatic rings. The van der Waals surface area contributed by atoms with Gasteiger partial charge >= 0.3 is 5.97 Å². The minimum absolute atomic E-state index is 0.213. The molecule has 156 valence electrons. The fraction of sp³-hybridized carbons (Fsp3) is 0.280. The second-order valence-corrected chi connectivity index (χ2v) is 7.59. The molecule has 0 saturated heterocycles. The van der Waals surface area contributed by atoms with Crippen molar-refractivity contribution >= 4 is 11.9 Å². The van der Waals surface area contributed by atoms with Gasteiger partial charge in [0.1, 0.15) is 5.69 Å². The van der Waals surface area contributed by atoms with Gasteiger partial charge in [-0.15, -0.1) is 0 Å². The molecular formula is C25H28N2O3. The molecular weight excluding hydrogens is 376 g/mol. The highest BCUT2D eigenvalue weighted by Gasteiger charge is 2.30. The number of aromatic nitrogens is 1. The molecule has 0 bridgehead atoms. The van der Waals surface area contributed by atoms with Crippen molar-refractivity contribution in [3.63, 3.8) is 0 Å². The fourth-order valence-electron chi connectivity index (χ4n) is 3.83. The number of amides is 1. The predicted molar refractivity (Wildman–Crippen MR) is 118 cm³/mol. The van der Waals surface area contributed by atoms with Crippen LogP contribution >= 0.6 is 0 Å². The van der Waals surface area contributed by atoms with E-state index in [1.165, 1.54) is 0 Å². The summed E-state index contributed by atoms with van der Waals surface area (Å²) >= 11 is 0. The Morgan fingerprint density at radius 3 is 2.00 bits per heavy atom. The van der Waals surface area contributed by atoms with Crippen LogP contribution in [0.5, 0.6) is 0 Å². The van der Waals surface area contributed by atoms with E-state index >= 15 is 0 Å². The molecule has 0 atom stereocenters. The van der Waals surface area contributed by atoms with Crippen molar-refractivity contribution in [3.8, 4) is 0 Å². The van der Waals surface area contributed by atoms with Crippen molar-refractivity contribution in [1.29, 1.82) is 0 Å². The summed E-state index contributed by atoms with van der Waals surface area (Å²) in [6.45, 7) is 8.13. The maximum absolute atomic E-state index is 13.1. The van der Waals surface area contributed by atoms with E-state index in [9.17, 15) is 9.59 Å². The van der Waals surface area contributed by atoms with E-state index in [1.54, 1.807) is 20.8 Å². The standard InChI is InChI=1S/C25H28N2O3/c1-5-30-24(29)22-17(2)21(18(3)27-22)23(28)26-16-25(4,19-12-8-6-9-13-19)20-14-10-7-11-15-20/h6-15,27H,5,16H2,1-4H3,(H,26,28). The van der Waals surface area contributed by atoms with Crippen LogP contribution in [0.15, 0.2) is 60.7 Å². The van der Waals surface area contributed by atoms with E-state index in [2.05, 4.69) is 41.5 Å². The molecule has 0 saturated carbocycles. The van der Waals surface area contributed by atoms with Crippen LogP contribution in [-0.2, 0) is 10.2 Å². The molecule has 2 N–H and O–H groups in total. The van der Waals surface area contributed by atoms with E-state index in [1.807, 2.05) is 36.4 Å². The van der Waals surface area contributed by atoms with E-state index in [0.717, 1.165) is 11.1 Å². The zero-order chi connectivity index (χ0) is 21.7. The molecule has 3 rings (SSSR count). The highest BCUT2D eigenvalue weighted by atomic mass is 16.5. The highest BCUT2D eigenvalue weighted by Crippen LogP contribution is 2.31. The van der Waals surface area contributed by atoms with Gasteiger partial charge in [-0.3, -0.25) is 4.79 Å². The number of esters is 1. The first-order chi connectivity index (χ1) is 14.4. The second kappa shape index (κ2) is 8.99. The number of ether oxygens (including phenoxy) is 1. The summed E-state index contributed by atoms with van der Waals surface area (Å²) in [7, 11) is 0. The van der Waals surface area contributed by atoms with Crippen LogP contribution in [0.25, 0.3) is 0 Å². The minimum Gasteiger partial charge on any atom is -0.461 e. The number of carbonyl (C=O) groups is 2. The van der Waals surface area contributed by atoms with Crippen molar-refractivity contribution < 1.29 is 14.3 Å². The lowest BCUT2D eigenvalue weighted by atomic mass is 9.76. The summed E-state index contributed by atoms with van der Waals surface area (Å²) in [4.78, 5) is 28.3. The van der Waals surface area contributed by atoms with Crippen LogP contribution in [0, 0.1) is 13.8 Å². The molecule has 0 radical (unpaired) electrons. The number of benzene rings is 2. The summed E-state index contributed by atoms with van der Waals surface area (Å²) in [5, 5.41) is 3.09. The SMILES string of the molecule is CCOC(=O)c1[nH]c(C)c(C(=O)NCC(C)(c2ccccc2)c2ccccc2)c1C. The summed E-state index contributed by atoms with van der Waals surface area (Å²) in [6.07, 6.45) is 0. The monoisotopic (exact) mass is 404 g/mol. The third-order valence-electron chi connectivity index (χ3n) is 5.57. The predicted octanol–water partition coefficient (Wildman–Crippen LogP) is 4.54. The number of hydrogen-bond donors (Lipinski definition) is 2. The Kier molecular flexibility index (Phi) is 6.40. The van der Waals surface area contributed by atoms with Gasteiger partial charge in [0, 0.05) is 17.7 Å². The number of hydrogen-bond acceptors (Lipinski definition) is 3. The third-order valence-corrected chi connectivity index (χ3v) is 5.57. The smallest absolute Gasteiger partial charge is 0.355 e. The van der Waals surface area contributed by atoms with Gasteiger partial charge in [-0.2, -0.15) is 0 Å². The number of rotatable bonds is 7. The third kappa shape index (κ3) is 4.15. The molecule has 0 fully saturated rings. The van der Waals surface area contributed by atoms with Gasteiger partial charge in [0.25, 0.3) is 5.91 Å². The minimum atomic E-state index is -0.449. The van der Waals surface area contributed by atoms with Crippen LogP contribution in [0.4, 0.5) is 0 Å². The van der Waals surface area contributed by atoms with E-state index in [-0.39, 0.29) is 12.5 Å². The van der Waals surface area contributed by atoms with Gasteiger partial charge < -0.3 is 15.0 Å². The Balaban J connectivity index is 1.89. The van der Waals surface area contributed by atoms with Crippen LogP contribution in [-0.4, -0.2) is 30.0 Å². The van der Waals surface area contributed by atoms with Gasteiger partial charge in [-0.1, -0.05) is 60.7 Å². The van der Waals surface area contributed by atoms with Crippen LogP contribution in [0.1, 0.15) is 57.1 Å². The van der Waals surface area contributed by atoms with Gasteiger partial charge in [0.15, 0.2) is 0 Å². The summed E-state index contributed by atoms with van der Waals surface area (Å²) in [6, 6.07) is 20.3. The molecule has 30 heavy (non-hydrogen) atoms. The molecule has 0 aliphatic heterocycles. The number of H-pyrrole nitrogens is 1. The zero-order valence-corrected chi connectivity index (χ0v) is 17.9. The molecule has 1 amide bonds. The van der Waals surface area contributed by atoms with Crippen LogP contribution in [0.3, 0.4) is 0 Å². The maximum Gasteiger partial charge on any atom is 0.355 e. The molecule has 0 unspecified atom stereocenters. The average molecular weight is 405 g/mol. The van der Waals surface area contributed by atoms with Crippen molar-refractivity contribution in [2.24, 2.45) is 0 Å². The van der Waals surface area contributed by atoms with Crippen molar-refractivity contribution in [2.75, 3.05) is 13.2 Å². The Hall–Kier alpha value is -3.34. The number of carbonyl (C=O) groups excluding carboxylic acids is 2. The summed E-state index contributed by atoms with van der Waals surface area (Å²) < 4.78 is 5.08. The van der Waals surface area contributed by atoms with E-state index in [0.29, 0.717) is 29.1 Å². The number of aromatic amines is 1. The van der Waals surface area contributed by atoms with E-state index < -0.39 is 11.4 Å². The zero-order valence-electron chi connectivity index (χ0n) is 17.9. The molecule has 5 nitrogen and oxygen atoms in total. The van der Waals surface area contributed by atoms with Crippen LogP contribution < -0.4 is 5.32 Å². The lowest BCUT2D eigenvalue weighted by Crippen LogP contribution is -2.39.